The number of nitrogens with one attached hydrogen (secondary N) is 2. The summed E-state index contributed by atoms with van der Waals surface area (Å²) in [4.78, 5) is 27.1. The van der Waals surface area contributed by atoms with E-state index in [4.69, 9.17) is 4.11 Å². The van der Waals surface area contributed by atoms with E-state index in [1.165, 1.54) is 19.3 Å². The van der Waals surface area contributed by atoms with Crippen LogP contribution in [-0.4, -0.2) is 46.2 Å². The molecule has 8 heteroatoms. The number of fused-ring (bicyclic) bond motifs is 1. The lowest BCUT2D eigenvalue weighted by Gasteiger charge is -2.07. The molecule has 2 heterocycles. The number of H-pyrrole nitrogens is 1. The minimum atomic E-state index is -2.82. The van der Waals surface area contributed by atoms with Crippen LogP contribution in [0.15, 0.2) is 30.5 Å². The Morgan fingerprint density at radius 3 is 2.88 bits per heavy atom. The smallest absolute Gasteiger partial charge is 0.341 e. The second-order valence-corrected chi connectivity index (χ2v) is 4.90. The molecule has 2 aromatic heterocycles. The maximum Gasteiger partial charge on any atom is 0.341 e. The number of carboxylic acid groups (broad SMARTS) is 1. The molecule has 1 aromatic carbocycles. The van der Waals surface area contributed by atoms with Gasteiger partial charge in [-0.3, -0.25) is 9.89 Å². The van der Waals surface area contributed by atoms with Gasteiger partial charge in [0.25, 0.3) is 5.91 Å². The van der Waals surface area contributed by atoms with Gasteiger partial charge in [0.1, 0.15) is 5.56 Å². The SMILES string of the molecule is [2H]C([2H])([2H])Oc1ncc(-c2ccc3c(C(=O)NC)n[nH]c3c2)cc1C(=O)O. The molecule has 1 amide bonds. The third kappa shape index (κ3) is 2.54. The fourth-order valence-electron chi connectivity index (χ4n) is 2.34. The van der Waals surface area contributed by atoms with Crippen LogP contribution < -0.4 is 10.1 Å². The Bertz CT molecular complexity index is 1050. The standard InChI is InChI=1S/C16H14N4O4/c1-17-14(21)13-10-4-3-8(6-12(10)19-20-13)9-5-11(16(22)23)15(24-2)18-7-9/h3-7H,1-2H3,(H,17,21)(H,19,20)(H,22,23)/i2D3. The fourth-order valence-corrected chi connectivity index (χ4v) is 2.34. The third-order valence-electron chi connectivity index (χ3n) is 3.52. The number of methoxy groups -OCH3 is 1. The number of nitrogens with zero attached hydrogens (tertiary/aromatic N) is 2. The fraction of sp³-hybridized carbons (Fsp3) is 0.125. The molecule has 0 saturated carbocycles. The molecule has 8 nitrogen and oxygen atoms in total. The summed E-state index contributed by atoms with van der Waals surface area (Å²) in [5.41, 5.74) is 1.48. The summed E-state index contributed by atoms with van der Waals surface area (Å²) in [6.45, 7) is 0. The Morgan fingerprint density at radius 2 is 2.17 bits per heavy atom. The Kier molecular flexibility index (Phi) is 3.01. The van der Waals surface area contributed by atoms with Crippen LogP contribution in [0.4, 0.5) is 0 Å². The van der Waals surface area contributed by atoms with Crippen molar-refractivity contribution in [1.82, 2.24) is 20.5 Å². The van der Waals surface area contributed by atoms with E-state index in [0.717, 1.165) is 0 Å². The molecule has 0 atom stereocenters. The highest BCUT2D eigenvalue weighted by Crippen LogP contribution is 2.27. The molecule has 0 aliphatic rings. The van der Waals surface area contributed by atoms with Gasteiger partial charge in [-0.15, -0.1) is 0 Å². The predicted molar refractivity (Wildman–Crippen MR) is 86.2 cm³/mol. The van der Waals surface area contributed by atoms with Gasteiger partial charge < -0.3 is 15.2 Å². The van der Waals surface area contributed by atoms with Gasteiger partial charge in [0.15, 0.2) is 5.69 Å². The first kappa shape index (κ1) is 12.1. The van der Waals surface area contributed by atoms with Gasteiger partial charge in [0.2, 0.25) is 5.88 Å². The Hall–Kier alpha value is -3.42. The molecule has 0 fully saturated rings. The summed E-state index contributed by atoms with van der Waals surface area (Å²) in [5.74, 6) is -2.20. The first-order valence-electron chi connectivity index (χ1n) is 8.32. The maximum atomic E-state index is 11.8. The summed E-state index contributed by atoms with van der Waals surface area (Å²) in [6.07, 6.45) is 1.31. The van der Waals surface area contributed by atoms with Crippen LogP contribution in [0, 0.1) is 0 Å². The lowest BCUT2D eigenvalue weighted by atomic mass is 10.0. The Labute approximate surface area is 140 Å². The van der Waals surface area contributed by atoms with Crippen molar-refractivity contribution in [3.8, 4) is 17.0 Å². The van der Waals surface area contributed by atoms with Crippen molar-refractivity contribution >= 4 is 22.8 Å². The molecule has 0 radical (unpaired) electrons. The second-order valence-electron chi connectivity index (χ2n) is 4.90. The van der Waals surface area contributed by atoms with Crippen molar-refractivity contribution in [2.45, 2.75) is 0 Å². The molecule has 24 heavy (non-hydrogen) atoms. The first-order chi connectivity index (χ1) is 12.7. The van der Waals surface area contributed by atoms with Gasteiger partial charge in [0, 0.05) is 24.2 Å². The summed E-state index contributed by atoms with van der Waals surface area (Å²) < 4.78 is 26.0. The summed E-state index contributed by atoms with van der Waals surface area (Å²) in [5, 5.41) is 19.1. The number of amides is 1. The normalized spacial score (nSPS) is 13.0. The Balaban J connectivity index is 2.04. The molecule has 0 saturated heterocycles. The third-order valence-corrected chi connectivity index (χ3v) is 3.52. The van der Waals surface area contributed by atoms with E-state index in [1.54, 1.807) is 18.2 Å². The number of aromatic amines is 1. The van der Waals surface area contributed by atoms with Crippen LogP contribution >= 0.6 is 0 Å². The number of hydrogen-bond donors (Lipinski definition) is 3. The topological polar surface area (TPSA) is 117 Å². The number of carbonyl (C=O) groups is 2. The van der Waals surface area contributed by atoms with Crippen LogP contribution in [0.25, 0.3) is 22.0 Å². The van der Waals surface area contributed by atoms with Crippen molar-refractivity contribution in [2.75, 3.05) is 14.1 Å². The van der Waals surface area contributed by atoms with Crippen molar-refractivity contribution in [3.05, 3.63) is 41.7 Å². The van der Waals surface area contributed by atoms with Crippen LogP contribution in [-0.2, 0) is 0 Å². The number of pyridine rings is 1. The largest absolute Gasteiger partial charge is 0.480 e. The summed E-state index contributed by atoms with van der Waals surface area (Å²) in [7, 11) is -1.32. The van der Waals surface area contributed by atoms with Gasteiger partial charge in [-0.05, 0) is 23.8 Å². The Morgan fingerprint density at radius 1 is 1.33 bits per heavy atom. The van der Waals surface area contributed by atoms with Gasteiger partial charge in [-0.25, -0.2) is 9.78 Å². The van der Waals surface area contributed by atoms with E-state index in [0.29, 0.717) is 22.0 Å². The predicted octanol–water partition coefficient (Wildman–Crippen LogP) is 1.69. The second kappa shape index (κ2) is 5.99. The van der Waals surface area contributed by atoms with Gasteiger partial charge in [-0.1, -0.05) is 6.07 Å². The first-order valence-corrected chi connectivity index (χ1v) is 6.82. The molecular formula is C16H14N4O4. The van der Waals surface area contributed by atoms with Crippen molar-refractivity contribution < 1.29 is 23.5 Å². The van der Waals surface area contributed by atoms with Crippen LogP contribution in [0.1, 0.15) is 25.0 Å². The molecule has 122 valence electrons. The van der Waals surface area contributed by atoms with E-state index in [-0.39, 0.29) is 17.2 Å². The zero-order valence-electron chi connectivity index (χ0n) is 15.5. The number of aromatic carboxylic acids is 1. The molecule has 0 aliphatic carbocycles. The molecule has 0 bridgehead atoms. The zero-order chi connectivity index (χ0) is 19.8. The van der Waals surface area contributed by atoms with Gasteiger partial charge in [-0.2, -0.15) is 5.10 Å². The van der Waals surface area contributed by atoms with E-state index in [1.807, 2.05) is 0 Å². The van der Waals surface area contributed by atoms with Crippen molar-refractivity contribution in [3.63, 3.8) is 0 Å². The van der Waals surface area contributed by atoms with E-state index in [9.17, 15) is 14.7 Å². The van der Waals surface area contributed by atoms with Crippen molar-refractivity contribution in [2.24, 2.45) is 0 Å². The van der Waals surface area contributed by atoms with Crippen LogP contribution in [0.3, 0.4) is 0 Å². The van der Waals surface area contributed by atoms with E-state index < -0.39 is 18.9 Å². The molecular weight excluding hydrogens is 312 g/mol. The monoisotopic (exact) mass is 329 g/mol. The highest BCUT2D eigenvalue weighted by molar-refractivity contribution is 6.05. The van der Waals surface area contributed by atoms with Crippen molar-refractivity contribution in [1.29, 1.82) is 0 Å². The molecule has 0 unspecified atom stereocenters. The number of carbonyl (C=O) groups excluding carboxylic acids is 1. The van der Waals surface area contributed by atoms with Crippen LogP contribution in [0.5, 0.6) is 5.88 Å². The summed E-state index contributed by atoms with van der Waals surface area (Å²) >= 11 is 0. The number of ether oxygens (including phenoxy) is 1. The maximum absolute atomic E-state index is 11.8. The molecule has 0 aliphatic heterocycles. The minimum Gasteiger partial charge on any atom is -0.480 e. The molecule has 3 N–H and O–H groups in total. The molecule has 0 spiro atoms. The molecule has 3 aromatic rings. The van der Waals surface area contributed by atoms with Gasteiger partial charge >= 0.3 is 5.97 Å². The highest BCUT2D eigenvalue weighted by Gasteiger charge is 2.16. The van der Waals surface area contributed by atoms with Gasteiger partial charge in [0.05, 0.1) is 16.7 Å². The highest BCUT2D eigenvalue weighted by atomic mass is 16.5. The number of carboxylic acids is 1. The number of rotatable bonds is 4. The minimum absolute atomic E-state index is 0.241. The van der Waals surface area contributed by atoms with E-state index in [2.05, 4.69) is 25.2 Å². The number of hydrogen-bond acceptors (Lipinski definition) is 5. The number of aromatic nitrogens is 3. The lowest BCUT2D eigenvalue weighted by molar-refractivity contribution is 0.0692. The number of benzene rings is 1. The average molecular weight is 329 g/mol. The van der Waals surface area contributed by atoms with Crippen LogP contribution in [0.2, 0.25) is 0 Å². The quantitative estimate of drug-likeness (QED) is 0.670. The van der Waals surface area contributed by atoms with E-state index >= 15 is 0 Å². The summed E-state index contributed by atoms with van der Waals surface area (Å²) in [6, 6.07) is 6.30. The average Bonchev–Trinajstić information content (AvgIpc) is 3.03. The zero-order valence-corrected chi connectivity index (χ0v) is 12.5. The lowest BCUT2D eigenvalue weighted by Crippen LogP contribution is -2.18. The molecule has 3 rings (SSSR count).